The molecule has 1 unspecified atom stereocenters. The molecule has 3 amide bonds. The fraction of sp³-hybridized carbons (Fsp3) is 0.400. The van der Waals surface area contributed by atoms with Gasteiger partial charge in [-0.25, -0.2) is 0 Å². The maximum absolute atomic E-state index is 13.0. The largest absolute Gasteiger partial charge is 0.492 e. The molecule has 6 rings (SSSR count). The summed E-state index contributed by atoms with van der Waals surface area (Å²) in [6.07, 6.45) is 5.91. The highest BCUT2D eigenvalue weighted by molar-refractivity contribution is 6.05. The summed E-state index contributed by atoms with van der Waals surface area (Å²) in [5.41, 5.74) is 6.05. The molecule has 9 heteroatoms. The molecule has 2 aromatic carbocycles. The molecule has 0 aliphatic carbocycles. The Morgan fingerprint density at radius 3 is 2.82 bits per heavy atom. The summed E-state index contributed by atoms with van der Waals surface area (Å²) in [7, 11) is 0. The van der Waals surface area contributed by atoms with Crippen LogP contribution >= 0.6 is 0 Å². The van der Waals surface area contributed by atoms with E-state index in [0.29, 0.717) is 25.1 Å². The van der Waals surface area contributed by atoms with E-state index in [1.165, 1.54) is 17.5 Å². The first-order valence-electron chi connectivity index (χ1n) is 13.7. The lowest BCUT2D eigenvalue weighted by molar-refractivity contribution is -0.136. The van der Waals surface area contributed by atoms with Gasteiger partial charge < -0.3 is 9.64 Å². The van der Waals surface area contributed by atoms with Crippen molar-refractivity contribution in [2.24, 2.45) is 0 Å². The number of carbonyl (C=O) groups is 3. The van der Waals surface area contributed by atoms with Gasteiger partial charge in [0.2, 0.25) is 11.8 Å². The molecule has 0 saturated carbocycles. The van der Waals surface area contributed by atoms with Gasteiger partial charge in [0.15, 0.2) is 0 Å². The average molecular weight is 528 g/mol. The maximum atomic E-state index is 13.0. The Labute approximate surface area is 227 Å². The number of ether oxygens (including phenoxy) is 1. The van der Waals surface area contributed by atoms with E-state index in [2.05, 4.69) is 51.6 Å². The van der Waals surface area contributed by atoms with Gasteiger partial charge in [-0.3, -0.25) is 29.7 Å². The Morgan fingerprint density at radius 2 is 1.97 bits per heavy atom. The summed E-state index contributed by atoms with van der Waals surface area (Å²) in [5.74, 6) is -0.133. The molecule has 2 N–H and O–H groups in total. The molecule has 1 aromatic heterocycles. The van der Waals surface area contributed by atoms with Gasteiger partial charge in [0.25, 0.3) is 5.91 Å². The Balaban J connectivity index is 1.11. The Bertz CT molecular complexity index is 1420. The number of carbonyl (C=O) groups excluding carboxylic acids is 3. The Morgan fingerprint density at radius 1 is 1.08 bits per heavy atom. The lowest BCUT2D eigenvalue weighted by Crippen LogP contribution is -2.52. The van der Waals surface area contributed by atoms with E-state index in [-0.39, 0.29) is 24.3 Å². The number of nitrogens with one attached hydrogen (secondary N) is 2. The normalized spacial score (nSPS) is 21.7. The third-order valence-electron chi connectivity index (χ3n) is 8.08. The highest BCUT2D eigenvalue weighted by atomic mass is 16.5. The number of hydrogen-bond donors (Lipinski definition) is 2. The molecule has 2 saturated heterocycles. The van der Waals surface area contributed by atoms with Crippen LogP contribution in [0.2, 0.25) is 0 Å². The highest BCUT2D eigenvalue weighted by Gasteiger charge is 2.39. The summed E-state index contributed by atoms with van der Waals surface area (Å²) in [6, 6.07) is 13.7. The molecule has 0 bridgehead atoms. The third kappa shape index (κ3) is 5.18. The van der Waals surface area contributed by atoms with Gasteiger partial charge >= 0.3 is 0 Å². The van der Waals surface area contributed by atoms with Gasteiger partial charge in [-0.05, 0) is 62.6 Å². The smallest absolute Gasteiger partial charge is 0.255 e. The first-order valence-corrected chi connectivity index (χ1v) is 13.7. The summed E-state index contributed by atoms with van der Waals surface area (Å²) < 4.78 is 6.28. The molecule has 202 valence electrons. The standard InChI is InChI=1S/C30H33N5O4/c1-19-5-4-6-20(13-19)28-22(15-31-33-28)16-34-12-3-2-7-23(34)18-39-24-8-9-25-21(14-24)17-35(30(25)38)26-10-11-27(36)32-29(26)37/h4-6,8-9,13-15,23,26H,2-3,7,10-12,16-18H2,1H3,(H,31,33)(H,32,36,37)/t23-,26?/m1/s1. The van der Waals surface area contributed by atoms with Crippen LogP contribution < -0.4 is 10.1 Å². The second-order valence-electron chi connectivity index (χ2n) is 10.8. The van der Waals surface area contributed by atoms with Crippen molar-refractivity contribution in [2.45, 2.75) is 64.2 Å². The molecular weight excluding hydrogens is 494 g/mol. The number of amides is 3. The van der Waals surface area contributed by atoms with Crippen LogP contribution in [0.3, 0.4) is 0 Å². The van der Waals surface area contributed by atoms with Crippen LogP contribution in [0.1, 0.15) is 59.2 Å². The number of likely N-dealkylation sites (tertiary alicyclic amines) is 1. The Kier molecular flexibility index (Phi) is 6.91. The number of hydrogen-bond acceptors (Lipinski definition) is 6. The van der Waals surface area contributed by atoms with Crippen molar-refractivity contribution in [3.8, 4) is 17.0 Å². The molecule has 39 heavy (non-hydrogen) atoms. The molecule has 9 nitrogen and oxygen atoms in total. The number of benzene rings is 2. The fourth-order valence-electron chi connectivity index (χ4n) is 5.99. The average Bonchev–Trinajstić information content (AvgIpc) is 3.52. The molecule has 4 heterocycles. The minimum atomic E-state index is -0.615. The molecule has 2 fully saturated rings. The zero-order chi connectivity index (χ0) is 26.9. The minimum absolute atomic E-state index is 0.172. The number of aryl methyl sites for hydroxylation is 1. The third-order valence-corrected chi connectivity index (χ3v) is 8.08. The molecule has 3 aliphatic rings. The second-order valence-corrected chi connectivity index (χ2v) is 10.8. The van der Waals surface area contributed by atoms with Gasteiger partial charge in [0.1, 0.15) is 18.4 Å². The van der Waals surface area contributed by atoms with Crippen molar-refractivity contribution in [2.75, 3.05) is 13.2 Å². The van der Waals surface area contributed by atoms with Crippen LogP contribution in [0, 0.1) is 6.92 Å². The lowest BCUT2D eigenvalue weighted by atomic mass is 10.0. The molecule has 2 atom stereocenters. The monoisotopic (exact) mass is 527 g/mol. The quantitative estimate of drug-likeness (QED) is 0.455. The van der Waals surface area contributed by atoms with E-state index < -0.39 is 11.9 Å². The van der Waals surface area contributed by atoms with Crippen molar-refractivity contribution in [1.29, 1.82) is 0 Å². The predicted molar refractivity (Wildman–Crippen MR) is 145 cm³/mol. The van der Waals surface area contributed by atoms with Crippen molar-refractivity contribution in [3.05, 3.63) is 70.9 Å². The van der Waals surface area contributed by atoms with Gasteiger partial charge in [0.05, 0.1) is 11.9 Å². The molecule has 0 radical (unpaired) electrons. The number of aromatic nitrogens is 2. The number of imide groups is 1. The van der Waals surface area contributed by atoms with E-state index in [1.54, 1.807) is 11.0 Å². The first-order chi connectivity index (χ1) is 19.0. The molecular formula is C30H33N5O4. The van der Waals surface area contributed by atoms with Crippen molar-refractivity contribution in [3.63, 3.8) is 0 Å². The number of H-pyrrole nitrogens is 1. The SMILES string of the molecule is Cc1cccc(-c2[nH]ncc2CN2CCCC[C@@H]2COc2ccc3c(c2)CN(C2CCC(=O)NC2=O)C3=O)c1. The van der Waals surface area contributed by atoms with Gasteiger partial charge in [-0.1, -0.05) is 30.2 Å². The minimum Gasteiger partial charge on any atom is -0.492 e. The zero-order valence-corrected chi connectivity index (χ0v) is 22.1. The first kappa shape index (κ1) is 25.3. The molecule has 3 aliphatic heterocycles. The summed E-state index contributed by atoms with van der Waals surface area (Å²) in [5, 5.41) is 9.88. The van der Waals surface area contributed by atoms with Crippen molar-refractivity contribution in [1.82, 2.24) is 25.3 Å². The van der Waals surface area contributed by atoms with Crippen LogP contribution in [-0.4, -0.2) is 63.0 Å². The zero-order valence-electron chi connectivity index (χ0n) is 22.1. The van der Waals surface area contributed by atoms with Crippen LogP contribution in [0.15, 0.2) is 48.7 Å². The number of piperidine rings is 2. The van der Waals surface area contributed by atoms with E-state index in [9.17, 15) is 14.4 Å². The van der Waals surface area contributed by atoms with Crippen LogP contribution in [0.5, 0.6) is 5.75 Å². The predicted octanol–water partition coefficient (Wildman–Crippen LogP) is 3.58. The van der Waals surface area contributed by atoms with E-state index in [0.717, 1.165) is 48.5 Å². The second kappa shape index (κ2) is 10.6. The summed E-state index contributed by atoms with van der Waals surface area (Å²) >= 11 is 0. The van der Waals surface area contributed by atoms with Crippen molar-refractivity contribution < 1.29 is 19.1 Å². The van der Waals surface area contributed by atoms with Crippen LogP contribution in [-0.2, 0) is 22.7 Å². The highest BCUT2D eigenvalue weighted by Crippen LogP contribution is 2.31. The number of fused-ring (bicyclic) bond motifs is 1. The maximum Gasteiger partial charge on any atom is 0.255 e. The Hall–Kier alpha value is -3.98. The van der Waals surface area contributed by atoms with Gasteiger partial charge in [-0.2, -0.15) is 5.10 Å². The van der Waals surface area contributed by atoms with Gasteiger partial charge in [-0.15, -0.1) is 0 Å². The summed E-state index contributed by atoms with van der Waals surface area (Å²) in [4.78, 5) is 40.9. The fourth-order valence-corrected chi connectivity index (χ4v) is 5.99. The van der Waals surface area contributed by atoms with Crippen LogP contribution in [0.4, 0.5) is 0 Å². The number of rotatable bonds is 7. The van der Waals surface area contributed by atoms with E-state index in [1.807, 2.05) is 18.3 Å². The topological polar surface area (TPSA) is 108 Å². The van der Waals surface area contributed by atoms with E-state index >= 15 is 0 Å². The van der Waals surface area contributed by atoms with Crippen LogP contribution in [0.25, 0.3) is 11.3 Å². The molecule has 0 spiro atoms. The summed E-state index contributed by atoms with van der Waals surface area (Å²) in [6.45, 7) is 4.80. The van der Waals surface area contributed by atoms with Gasteiger partial charge in [0, 0.05) is 42.2 Å². The van der Waals surface area contributed by atoms with Crippen molar-refractivity contribution >= 4 is 17.7 Å². The van der Waals surface area contributed by atoms with E-state index in [4.69, 9.17) is 4.74 Å². The number of nitrogens with zero attached hydrogens (tertiary/aromatic N) is 3. The number of aromatic amines is 1. The lowest BCUT2D eigenvalue weighted by Gasteiger charge is -2.35. The molecule has 3 aromatic rings.